The zero-order valence-corrected chi connectivity index (χ0v) is 13.7. The maximum Gasteiger partial charge on any atom is 0.276 e. The van der Waals surface area contributed by atoms with Gasteiger partial charge in [0.25, 0.3) is 10.0 Å². The minimum absolute atomic E-state index is 0.146. The summed E-state index contributed by atoms with van der Waals surface area (Å²) in [7, 11) is -2.14. The number of sulfonamides is 1. The first kappa shape index (κ1) is 16.8. The first-order valence-electron chi connectivity index (χ1n) is 6.97. The number of hydrogen-bond donors (Lipinski definition) is 1. The summed E-state index contributed by atoms with van der Waals surface area (Å²) in [4.78, 5) is 2.32. The molecule has 0 aliphatic heterocycles. The topological polar surface area (TPSA) is 77.0 Å². The minimum atomic E-state index is -3.69. The van der Waals surface area contributed by atoms with Gasteiger partial charge < -0.3 is 9.47 Å². The quantitative estimate of drug-likeness (QED) is 0.623. The third-order valence-electron chi connectivity index (χ3n) is 2.95. The van der Waals surface area contributed by atoms with E-state index < -0.39 is 10.0 Å². The summed E-state index contributed by atoms with van der Waals surface area (Å²) in [6, 6.07) is 13.2. The Morgan fingerprint density at radius 2 is 1.91 bits per heavy atom. The van der Waals surface area contributed by atoms with E-state index in [1.807, 2.05) is 6.92 Å². The summed E-state index contributed by atoms with van der Waals surface area (Å²) in [6.45, 7) is 2.35. The molecule has 0 unspecified atom stereocenters. The van der Waals surface area contributed by atoms with Gasteiger partial charge in [-0.15, -0.1) is 0 Å². The largest absolute Gasteiger partial charge is 0.497 e. The van der Waals surface area contributed by atoms with E-state index in [0.29, 0.717) is 23.7 Å². The first-order chi connectivity index (χ1) is 11.1. The second-order valence-corrected chi connectivity index (χ2v) is 6.16. The Bertz CT molecular complexity index is 774. The van der Waals surface area contributed by atoms with Crippen LogP contribution in [0.2, 0.25) is 0 Å². The molecule has 0 radical (unpaired) electrons. The highest BCUT2D eigenvalue weighted by Crippen LogP contribution is 2.22. The van der Waals surface area contributed by atoms with Crippen molar-refractivity contribution in [3.63, 3.8) is 0 Å². The third-order valence-corrected chi connectivity index (χ3v) is 4.19. The van der Waals surface area contributed by atoms with Crippen LogP contribution in [-0.2, 0) is 10.0 Å². The Balaban J connectivity index is 2.20. The smallest absolute Gasteiger partial charge is 0.276 e. The van der Waals surface area contributed by atoms with Crippen LogP contribution in [0.5, 0.6) is 11.5 Å². The Kier molecular flexibility index (Phi) is 5.59. The summed E-state index contributed by atoms with van der Waals surface area (Å²) in [5.74, 6) is 1.22. The Hall–Kier alpha value is -2.54. The monoisotopic (exact) mass is 334 g/mol. The molecule has 0 bridgehead atoms. The number of rotatable bonds is 7. The van der Waals surface area contributed by atoms with E-state index >= 15 is 0 Å². The molecular formula is C16H18N2O4S. The summed E-state index contributed by atoms with van der Waals surface area (Å²) in [5.41, 5.74) is 0.613. The summed E-state index contributed by atoms with van der Waals surface area (Å²) in [6.07, 6.45) is 1.38. The van der Waals surface area contributed by atoms with Crippen LogP contribution in [0.25, 0.3) is 0 Å². The molecule has 0 aliphatic carbocycles. The molecule has 0 saturated heterocycles. The van der Waals surface area contributed by atoms with Crippen LogP contribution in [0.4, 0.5) is 0 Å². The fourth-order valence-electron chi connectivity index (χ4n) is 1.86. The molecule has 7 heteroatoms. The van der Waals surface area contributed by atoms with Crippen molar-refractivity contribution in [2.24, 2.45) is 5.10 Å². The van der Waals surface area contributed by atoms with Crippen molar-refractivity contribution < 1.29 is 17.9 Å². The second-order valence-electron chi connectivity index (χ2n) is 4.50. The van der Waals surface area contributed by atoms with Gasteiger partial charge in [-0.1, -0.05) is 18.2 Å². The molecule has 23 heavy (non-hydrogen) atoms. The SMILES string of the molecule is CCOc1ccc(OC)cc1C=NNS(=O)(=O)c1ccccc1. The molecule has 0 fully saturated rings. The lowest BCUT2D eigenvalue weighted by molar-refractivity contribution is 0.338. The second kappa shape index (κ2) is 7.64. The number of methoxy groups -OCH3 is 1. The van der Waals surface area contributed by atoms with E-state index in [4.69, 9.17) is 9.47 Å². The molecule has 0 spiro atoms. The molecular weight excluding hydrogens is 316 g/mol. The van der Waals surface area contributed by atoms with Crippen molar-refractivity contribution in [3.8, 4) is 11.5 Å². The van der Waals surface area contributed by atoms with Gasteiger partial charge in [0.05, 0.1) is 24.8 Å². The maximum absolute atomic E-state index is 12.1. The lowest BCUT2D eigenvalue weighted by Crippen LogP contribution is -2.18. The number of ether oxygens (including phenoxy) is 2. The zero-order valence-electron chi connectivity index (χ0n) is 12.9. The van der Waals surface area contributed by atoms with E-state index in [0.717, 1.165) is 0 Å². The van der Waals surface area contributed by atoms with Gasteiger partial charge in [-0.25, -0.2) is 4.83 Å². The number of hydrazone groups is 1. The molecule has 122 valence electrons. The number of nitrogens with zero attached hydrogens (tertiary/aromatic N) is 1. The van der Waals surface area contributed by atoms with Gasteiger partial charge in [0.1, 0.15) is 11.5 Å². The average Bonchev–Trinajstić information content (AvgIpc) is 2.57. The van der Waals surface area contributed by atoms with Crippen LogP contribution in [0.15, 0.2) is 58.5 Å². The van der Waals surface area contributed by atoms with E-state index in [2.05, 4.69) is 9.93 Å². The lowest BCUT2D eigenvalue weighted by atomic mass is 10.2. The Morgan fingerprint density at radius 3 is 2.57 bits per heavy atom. The molecule has 0 saturated carbocycles. The normalized spacial score (nSPS) is 11.4. The van der Waals surface area contributed by atoms with Crippen LogP contribution >= 0.6 is 0 Å². The maximum atomic E-state index is 12.1. The Morgan fingerprint density at radius 1 is 1.17 bits per heavy atom. The minimum Gasteiger partial charge on any atom is -0.497 e. The van der Waals surface area contributed by atoms with Crippen molar-refractivity contribution in [1.82, 2.24) is 4.83 Å². The standard InChI is InChI=1S/C16H18N2O4S/c1-3-22-16-10-9-14(21-2)11-13(16)12-17-18-23(19,20)15-7-5-4-6-8-15/h4-12,18H,3H2,1-2H3. The van der Waals surface area contributed by atoms with E-state index in [-0.39, 0.29) is 4.90 Å². The molecule has 1 N–H and O–H groups in total. The average molecular weight is 334 g/mol. The predicted molar refractivity (Wildman–Crippen MR) is 88.5 cm³/mol. The van der Waals surface area contributed by atoms with Gasteiger partial charge in [-0.3, -0.25) is 0 Å². The zero-order chi connectivity index (χ0) is 16.7. The highest BCUT2D eigenvalue weighted by molar-refractivity contribution is 7.89. The van der Waals surface area contributed by atoms with Crippen molar-refractivity contribution in [2.45, 2.75) is 11.8 Å². The molecule has 0 amide bonds. The fourth-order valence-corrected chi connectivity index (χ4v) is 2.67. The summed E-state index contributed by atoms with van der Waals surface area (Å²) >= 11 is 0. The lowest BCUT2D eigenvalue weighted by Gasteiger charge is -2.09. The number of benzene rings is 2. The van der Waals surface area contributed by atoms with Crippen molar-refractivity contribution in [1.29, 1.82) is 0 Å². The molecule has 0 heterocycles. The number of hydrogen-bond acceptors (Lipinski definition) is 5. The highest BCUT2D eigenvalue weighted by Gasteiger charge is 2.11. The molecule has 0 aliphatic rings. The third kappa shape index (κ3) is 4.46. The van der Waals surface area contributed by atoms with Crippen LogP contribution in [0.3, 0.4) is 0 Å². The molecule has 0 aromatic heterocycles. The predicted octanol–water partition coefficient (Wildman–Crippen LogP) is 2.41. The first-order valence-corrected chi connectivity index (χ1v) is 8.46. The van der Waals surface area contributed by atoms with Gasteiger partial charge in [0.15, 0.2) is 0 Å². The van der Waals surface area contributed by atoms with Crippen LogP contribution in [0.1, 0.15) is 12.5 Å². The number of nitrogens with one attached hydrogen (secondary N) is 1. The van der Waals surface area contributed by atoms with Crippen LogP contribution in [0, 0.1) is 0 Å². The van der Waals surface area contributed by atoms with Crippen molar-refractivity contribution in [2.75, 3.05) is 13.7 Å². The van der Waals surface area contributed by atoms with Crippen molar-refractivity contribution in [3.05, 3.63) is 54.1 Å². The van der Waals surface area contributed by atoms with Crippen LogP contribution in [-0.4, -0.2) is 28.3 Å². The Labute approximate surface area is 135 Å². The van der Waals surface area contributed by atoms with Crippen molar-refractivity contribution >= 4 is 16.2 Å². The van der Waals surface area contributed by atoms with Crippen LogP contribution < -0.4 is 14.3 Å². The summed E-state index contributed by atoms with van der Waals surface area (Å²) < 4.78 is 34.8. The molecule has 6 nitrogen and oxygen atoms in total. The molecule has 0 atom stereocenters. The highest BCUT2D eigenvalue weighted by atomic mass is 32.2. The molecule has 2 aromatic rings. The molecule has 2 aromatic carbocycles. The van der Waals surface area contributed by atoms with Gasteiger partial charge in [-0.2, -0.15) is 13.5 Å². The van der Waals surface area contributed by atoms with Gasteiger partial charge >= 0.3 is 0 Å². The summed E-state index contributed by atoms with van der Waals surface area (Å²) in [5, 5.41) is 3.81. The van der Waals surface area contributed by atoms with E-state index in [1.54, 1.807) is 43.5 Å². The van der Waals surface area contributed by atoms with Gasteiger partial charge in [-0.05, 0) is 37.3 Å². The van der Waals surface area contributed by atoms with E-state index in [1.165, 1.54) is 18.3 Å². The van der Waals surface area contributed by atoms with E-state index in [9.17, 15) is 8.42 Å². The fraction of sp³-hybridized carbons (Fsp3) is 0.188. The molecule has 2 rings (SSSR count). The van der Waals surface area contributed by atoms with Gasteiger partial charge in [0, 0.05) is 5.56 Å². The van der Waals surface area contributed by atoms with Gasteiger partial charge in [0.2, 0.25) is 0 Å².